The molecule has 0 saturated heterocycles. The third-order valence-corrected chi connectivity index (χ3v) is 2.66. The number of rotatable bonds is 4. The van der Waals surface area contributed by atoms with E-state index in [1.165, 1.54) is 0 Å². The Kier molecular flexibility index (Phi) is 3.92. The minimum absolute atomic E-state index is 0.000777. The van der Waals surface area contributed by atoms with Gasteiger partial charge in [0.15, 0.2) is 5.84 Å². The number of hydrogen-bond donors (Lipinski definition) is 2. The zero-order chi connectivity index (χ0) is 13.7. The normalized spacial score (nSPS) is 11.3. The van der Waals surface area contributed by atoms with Gasteiger partial charge in [0.25, 0.3) is 0 Å². The van der Waals surface area contributed by atoms with Crippen molar-refractivity contribution in [1.82, 2.24) is 9.97 Å². The summed E-state index contributed by atoms with van der Waals surface area (Å²) in [4.78, 5) is 10.3. The van der Waals surface area contributed by atoms with Gasteiger partial charge in [-0.3, -0.25) is 4.98 Å². The van der Waals surface area contributed by atoms with E-state index in [0.717, 1.165) is 11.4 Å². The number of pyridine rings is 2. The van der Waals surface area contributed by atoms with Gasteiger partial charge in [-0.1, -0.05) is 11.2 Å². The van der Waals surface area contributed by atoms with Crippen LogP contribution in [-0.4, -0.2) is 28.1 Å². The van der Waals surface area contributed by atoms with Crippen molar-refractivity contribution in [2.45, 2.75) is 6.54 Å². The Bertz CT molecular complexity index is 570. The van der Waals surface area contributed by atoms with E-state index in [0.29, 0.717) is 12.2 Å². The van der Waals surface area contributed by atoms with Crippen molar-refractivity contribution in [2.24, 2.45) is 10.9 Å². The Morgan fingerprint density at radius 3 is 2.74 bits per heavy atom. The van der Waals surface area contributed by atoms with E-state index >= 15 is 0 Å². The van der Waals surface area contributed by atoms with E-state index in [2.05, 4.69) is 15.1 Å². The number of nitrogens with two attached hydrogens (primary N) is 1. The van der Waals surface area contributed by atoms with Crippen LogP contribution >= 0.6 is 0 Å². The van der Waals surface area contributed by atoms with E-state index < -0.39 is 0 Å². The molecule has 0 amide bonds. The van der Waals surface area contributed by atoms with Gasteiger partial charge >= 0.3 is 0 Å². The van der Waals surface area contributed by atoms with Crippen molar-refractivity contribution < 1.29 is 5.21 Å². The summed E-state index contributed by atoms with van der Waals surface area (Å²) >= 11 is 0. The number of hydrogen-bond acceptors (Lipinski definition) is 5. The monoisotopic (exact) mass is 257 g/mol. The van der Waals surface area contributed by atoms with Crippen molar-refractivity contribution in [3.8, 4) is 0 Å². The van der Waals surface area contributed by atoms with Gasteiger partial charge in [0.1, 0.15) is 11.5 Å². The number of anilines is 1. The number of oxime groups is 1. The highest BCUT2D eigenvalue weighted by atomic mass is 16.4. The van der Waals surface area contributed by atoms with Crippen molar-refractivity contribution >= 4 is 11.7 Å². The molecule has 19 heavy (non-hydrogen) atoms. The summed E-state index contributed by atoms with van der Waals surface area (Å²) < 4.78 is 0. The van der Waals surface area contributed by atoms with Crippen molar-refractivity contribution in [3.63, 3.8) is 0 Å². The molecule has 0 aliphatic carbocycles. The maximum Gasteiger partial charge on any atom is 0.188 e. The van der Waals surface area contributed by atoms with Gasteiger partial charge in [-0.05, 0) is 29.8 Å². The molecule has 2 rings (SSSR count). The lowest BCUT2D eigenvalue weighted by Crippen LogP contribution is -2.20. The summed E-state index contributed by atoms with van der Waals surface area (Å²) in [7, 11) is 1.93. The largest absolute Gasteiger partial charge is 0.409 e. The van der Waals surface area contributed by atoms with E-state index in [1.54, 1.807) is 18.5 Å². The first-order chi connectivity index (χ1) is 9.20. The molecule has 0 atom stereocenters. The fraction of sp³-hybridized carbons (Fsp3) is 0.154. The first kappa shape index (κ1) is 12.8. The number of nitrogens with zero attached hydrogens (tertiary/aromatic N) is 4. The molecule has 6 heteroatoms. The third kappa shape index (κ3) is 3.19. The topological polar surface area (TPSA) is 87.6 Å². The lowest BCUT2D eigenvalue weighted by Gasteiger charge is -2.18. The zero-order valence-corrected chi connectivity index (χ0v) is 10.6. The number of aromatic nitrogens is 2. The highest BCUT2D eigenvalue weighted by molar-refractivity contribution is 5.95. The maximum absolute atomic E-state index is 8.66. The second-order valence-corrected chi connectivity index (χ2v) is 4.08. The molecule has 3 N–H and O–H groups in total. The van der Waals surface area contributed by atoms with Gasteiger partial charge < -0.3 is 15.8 Å². The highest BCUT2D eigenvalue weighted by Gasteiger charge is 2.06. The van der Waals surface area contributed by atoms with Crippen LogP contribution in [0.3, 0.4) is 0 Å². The second kappa shape index (κ2) is 5.81. The Balaban J connectivity index is 2.17. The fourth-order valence-corrected chi connectivity index (χ4v) is 1.67. The van der Waals surface area contributed by atoms with Crippen LogP contribution in [0.5, 0.6) is 0 Å². The molecule has 98 valence electrons. The van der Waals surface area contributed by atoms with Crippen LogP contribution in [0.25, 0.3) is 0 Å². The van der Waals surface area contributed by atoms with Crippen molar-refractivity contribution in [2.75, 3.05) is 11.9 Å². The summed E-state index contributed by atoms with van der Waals surface area (Å²) in [5.41, 5.74) is 7.11. The second-order valence-electron chi connectivity index (χ2n) is 4.08. The van der Waals surface area contributed by atoms with Crippen molar-refractivity contribution in [1.29, 1.82) is 0 Å². The molecule has 0 bridgehead atoms. The maximum atomic E-state index is 8.66. The van der Waals surface area contributed by atoms with Crippen LogP contribution in [0.15, 0.2) is 47.9 Å². The van der Waals surface area contributed by atoms with Gasteiger partial charge in [-0.25, -0.2) is 4.98 Å². The Morgan fingerprint density at radius 2 is 2.05 bits per heavy atom. The summed E-state index contributed by atoms with van der Waals surface area (Å²) in [5.74, 6) is 0.750. The Morgan fingerprint density at radius 1 is 1.32 bits per heavy atom. The lowest BCUT2D eigenvalue weighted by molar-refractivity contribution is 0.318. The summed E-state index contributed by atoms with van der Waals surface area (Å²) in [6.07, 6.45) is 3.51. The zero-order valence-electron chi connectivity index (χ0n) is 10.6. The molecular weight excluding hydrogens is 242 g/mol. The van der Waals surface area contributed by atoms with E-state index in [9.17, 15) is 0 Å². The molecular formula is C13H15N5O. The highest BCUT2D eigenvalue weighted by Crippen LogP contribution is 2.12. The molecule has 0 saturated carbocycles. The summed E-state index contributed by atoms with van der Waals surface area (Å²) in [5, 5.41) is 11.6. The van der Waals surface area contributed by atoms with E-state index in [-0.39, 0.29) is 5.84 Å². The average molecular weight is 257 g/mol. The van der Waals surface area contributed by atoms with Crippen LogP contribution in [0.4, 0.5) is 5.82 Å². The van der Waals surface area contributed by atoms with Crippen LogP contribution in [0.1, 0.15) is 11.3 Å². The SMILES string of the molecule is CN(Cc1ccncc1)c1cccc(C(N)=NO)n1. The van der Waals surface area contributed by atoms with E-state index in [1.807, 2.05) is 36.2 Å². The van der Waals surface area contributed by atoms with Crippen LogP contribution in [0, 0.1) is 0 Å². The molecule has 0 radical (unpaired) electrons. The number of amidine groups is 1. The molecule has 2 aromatic heterocycles. The first-order valence-electron chi connectivity index (χ1n) is 5.75. The Labute approximate surface area is 111 Å². The molecule has 0 fully saturated rings. The third-order valence-electron chi connectivity index (χ3n) is 2.66. The van der Waals surface area contributed by atoms with Crippen LogP contribution in [-0.2, 0) is 6.54 Å². The van der Waals surface area contributed by atoms with Gasteiger partial charge in [0.05, 0.1) is 0 Å². The smallest absolute Gasteiger partial charge is 0.188 e. The predicted molar refractivity (Wildman–Crippen MR) is 73.1 cm³/mol. The minimum Gasteiger partial charge on any atom is -0.409 e. The molecule has 0 aliphatic rings. The fourth-order valence-electron chi connectivity index (χ4n) is 1.67. The molecule has 2 aromatic rings. The van der Waals surface area contributed by atoms with E-state index in [4.69, 9.17) is 10.9 Å². The molecule has 0 aliphatic heterocycles. The minimum atomic E-state index is -0.000777. The van der Waals surface area contributed by atoms with Crippen LogP contribution in [0.2, 0.25) is 0 Å². The first-order valence-corrected chi connectivity index (χ1v) is 5.75. The summed E-state index contributed by atoms with van der Waals surface area (Å²) in [6, 6.07) is 9.28. The lowest BCUT2D eigenvalue weighted by atomic mass is 10.2. The standard InChI is InChI=1S/C13H15N5O/c1-18(9-10-5-7-15-8-6-10)12-4-2-3-11(16-12)13(14)17-19/h2-8,19H,9H2,1H3,(H2,14,17). The molecule has 0 unspecified atom stereocenters. The Hall–Kier alpha value is -2.63. The molecule has 0 aromatic carbocycles. The van der Waals surface area contributed by atoms with Crippen molar-refractivity contribution in [3.05, 3.63) is 54.0 Å². The van der Waals surface area contributed by atoms with Gasteiger partial charge in [-0.2, -0.15) is 0 Å². The average Bonchev–Trinajstić information content (AvgIpc) is 2.47. The molecule has 0 spiro atoms. The molecule has 6 nitrogen and oxygen atoms in total. The molecule has 2 heterocycles. The van der Waals surface area contributed by atoms with Gasteiger partial charge in [0, 0.05) is 26.0 Å². The van der Waals surface area contributed by atoms with Gasteiger partial charge in [-0.15, -0.1) is 0 Å². The summed E-state index contributed by atoms with van der Waals surface area (Å²) in [6.45, 7) is 0.704. The van der Waals surface area contributed by atoms with Crippen LogP contribution < -0.4 is 10.6 Å². The quantitative estimate of drug-likeness (QED) is 0.372. The predicted octanol–water partition coefficient (Wildman–Crippen LogP) is 1.21. The van der Waals surface area contributed by atoms with Gasteiger partial charge in [0.2, 0.25) is 0 Å².